The van der Waals surface area contributed by atoms with Crippen LogP contribution in [0.5, 0.6) is 5.88 Å². The maximum atomic E-state index is 5.89. The highest BCUT2D eigenvalue weighted by molar-refractivity contribution is 9.10. The van der Waals surface area contributed by atoms with Gasteiger partial charge in [0, 0.05) is 6.54 Å². The topological polar surface area (TPSA) is 47.0 Å². The summed E-state index contributed by atoms with van der Waals surface area (Å²) in [6, 6.07) is 0. The molecule has 0 unspecified atom stereocenters. The highest BCUT2D eigenvalue weighted by atomic mass is 79.9. The molecule has 4 nitrogen and oxygen atoms in total. The minimum atomic E-state index is 0.320. The SMILES string of the molecule is CCCNc1ncc(Br)c(OC2CCCC2)n1. The maximum absolute atomic E-state index is 5.89. The Labute approximate surface area is 110 Å². The number of anilines is 1. The minimum absolute atomic E-state index is 0.320. The number of rotatable bonds is 5. The van der Waals surface area contributed by atoms with E-state index in [2.05, 4.69) is 38.1 Å². The molecule has 0 amide bonds. The summed E-state index contributed by atoms with van der Waals surface area (Å²) in [7, 11) is 0. The molecule has 1 aromatic heterocycles. The van der Waals surface area contributed by atoms with E-state index in [1.807, 2.05) is 0 Å². The fourth-order valence-electron chi connectivity index (χ4n) is 1.92. The summed E-state index contributed by atoms with van der Waals surface area (Å²) in [4.78, 5) is 8.58. The van der Waals surface area contributed by atoms with Crippen molar-refractivity contribution in [2.45, 2.75) is 45.1 Å². The molecule has 0 atom stereocenters. The van der Waals surface area contributed by atoms with Crippen molar-refractivity contribution in [2.75, 3.05) is 11.9 Å². The molecule has 94 valence electrons. The molecular weight excluding hydrogens is 282 g/mol. The lowest BCUT2D eigenvalue weighted by molar-refractivity contribution is 0.200. The highest BCUT2D eigenvalue weighted by Crippen LogP contribution is 2.28. The van der Waals surface area contributed by atoms with Gasteiger partial charge in [0.25, 0.3) is 0 Å². The zero-order valence-electron chi connectivity index (χ0n) is 10.1. The van der Waals surface area contributed by atoms with Crippen LogP contribution in [0.1, 0.15) is 39.0 Å². The van der Waals surface area contributed by atoms with E-state index < -0.39 is 0 Å². The first-order chi connectivity index (χ1) is 8.29. The zero-order valence-corrected chi connectivity index (χ0v) is 11.7. The molecule has 2 rings (SSSR count). The van der Waals surface area contributed by atoms with E-state index in [4.69, 9.17) is 4.74 Å². The van der Waals surface area contributed by atoms with Crippen molar-refractivity contribution < 1.29 is 4.74 Å². The number of nitrogens with zero attached hydrogens (tertiary/aromatic N) is 2. The third-order valence-corrected chi connectivity index (χ3v) is 3.37. The number of halogens is 1. The van der Waals surface area contributed by atoms with Crippen LogP contribution in [0.4, 0.5) is 5.95 Å². The summed E-state index contributed by atoms with van der Waals surface area (Å²) in [5, 5.41) is 3.16. The fourth-order valence-corrected chi connectivity index (χ4v) is 2.20. The van der Waals surface area contributed by atoms with Crippen molar-refractivity contribution >= 4 is 21.9 Å². The van der Waals surface area contributed by atoms with Gasteiger partial charge >= 0.3 is 0 Å². The third kappa shape index (κ3) is 3.56. The second kappa shape index (κ2) is 6.19. The molecule has 5 heteroatoms. The van der Waals surface area contributed by atoms with Crippen molar-refractivity contribution in [3.8, 4) is 5.88 Å². The average molecular weight is 300 g/mol. The van der Waals surface area contributed by atoms with Crippen LogP contribution in [0, 0.1) is 0 Å². The lowest BCUT2D eigenvalue weighted by Gasteiger charge is -2.14. The monoisotopic (exact) mass is 299 g/mol. The lowest BCUT2D eigenvalue weighted by Crippen LogP contribution is -2.13. The van der Waals surface area contributed by atoms with Crippen LogP contribution in [0.3, 0.4) is 0 Å². The van der Waals surface area contributed by atoms with Gasteiger partial charge in [-0.3, -0.25) is 0 Å². The Morgan fingerprint density at radius 2 is 2.24 bits per heavy atom. The molecule has 1 heterocycles. The molecule has 1 N–H and O–H groups in total. The van der Waals surface area contributed by atoms with Crippen LogP contribution in [0.25, 0.3) is 0 Å². The van der Waals surface area contributed by atoms with Gasteiger partial charge in [0.1, 0.15) is 6.10 Å². The van der Waals surface area contributed by atoms with E-state index in [1.54, 1.807) is 6.20 Å². The predicted molar refractivity (Wildman–Crippen MR) is 71.4 cm³/mol. The number of hydrogen-bond donors (Lipinski definition) is 1. The molecule has 1 aliphatic carbocycles. The molecule has 0 saturated heterocycles. The highest BCUT2D eigenvalue weighted by Gasteiger charge is 2.18. The van der Waals surface area contributed by atoms with Crippen molar-refractivity contribution in [3.63, 3.8) is 0 Å². The van der Waals surface area contributed by atoms with Gasteiger partial charge in [0.2, 0.25) is 11.8 Å². The molecule has 1 aliphatic rings. The Hall–Kier alpha value is -0.840. The summed E-state index contributed by atoms with van der Waals surface area (Å²) in [6.45, 7) is 2.99. The molecule has 0 aromatic carbocycles. The van der Waals surface area contributed by atoms with Crippen LogP contribution in [-0.2, 0) is 0 Å². The van der Waals surface area contributed by atoms with E-state index in [0.717, 1.165) is 30.3 Å². The van der Waals surface area contributed by atoms with E-state index in [0.29, 0.717) is 17.9 Å². The number of hydrogen-bond acceptors (Lipinski definition) is 4. The standard InChI is InChI=1S/C12H18BrN3O/c1-2-7-14-12-15-8-10(13)11(16-12)17-9-5-3-4-6-9/h8-9H,2-7H2,1H3,(H,14,15,16). The first kappa shape index (κ1) is 12.6. The zero-order chi connectivity index (χ0) is 12.1. The van der Waals surface area contributed by atoms with Gasteiger partial charge in [-0.15, -0.1) is 0 Å². The summed E-state index contributed by atoms with van der Waals surface area (Å²) in [5.41, 5.74) is 0. The Kier molecular flexibility index (Phi) is 4.59. The van der Waals surface area contributed by atoms with E-state index in [-0.39, 0.29) is 0 Å². The predicted octanol–water partition coefficient (Wildman–Crippen LogP) is 3.38. The second-order valence-electron chi connectivity index (χ2n) is 4.30. The average Bonchev–Trinajstić information content (AvgIpc) is 2.83. The van der Waals surface area contributed by atoms with Gasteiger partial charge in [-0.1, -0.05) is 6.92 Å². The van der Waals surface area contributed by atoms with Crippen LogP contribution in [-0.4, -0.2) is 22.6 Å². The van der Waals surface area contributed by atoms with E-state index >= 15 is 0 Å². The molecular formula is C12H18BrN3O. The number of ether oxygens (including phenoxy) is 1. The van der Waals surface area contributed by atoms with Crippen LogP contribution in [0.2, 0.25) is 0 Å². The van der Waals surface area contributed by atoms with Crippen molar-refractivity contribution in [2.24, 2.45) is 0 Å². The minimum Gasteiger partial charge on any atom is -0.473 e. The van der Waals surface area contributed by atoms with E-state index in [1.165, 1.54) is 12.8 Å². The first-order valence-corrected chi connectivity index (χ1v) is 7.02. The smallest absolute Gasteiger partial charge is 0.233 e. The van der Waals surface area contributed by atoms with Gasteiger partial charge in [0.15, 0.2) is 0 Å². The fraction of sp³-hybridized carbons (Fsp3) is 0.667. The lowest BCUT2D eigenvalue weighted by atomic mass is 10.3. The molecule has 0 aliphatic heterocycles. The van der Waals surface area contributed by atoms with Crippen molar-refractivity contribution in [3.05, 3.63) is 10.7 Å². The molecule has 17 heavy (non-hydrogen) atoms. The van der Waals surface area contributed by atoms with Crippen LogP contribution >= 0.6 is 15.9 Å². The second-order valence-corrected chi connectivity index (χ2v) is 5.15. The molecule has 0 bridgehead atoms. The van der Waals surface area contributed by atoms with Crippen LogP contribution < -0.4 is 10.1 Å². The Morgan fingerprint density at radius 1 is 1.47 bits per heavy atom. The summed E-state index contributed by atoms with van der Waals surface area (Å²) in [6.07, 6.45) is 7.90. The third-order valence-electron chi connectivity index (χ3n) is 2.83. The summed E-state index contributed by atoms with van der Waals surface area (Å²) in [5.74, 6) is 1.30. The van der Waals surface area contributed by atoms with E-state index in [9.17, 15) is 0 Å². The quantitative estimate of drug-likeness (QED) is 0.905. The van der Waals surface area contributed by atoms with Gasteiger partial charge in [-0.25, -0.2) is 4.98 Å². The van der Waals surface area contributed by atoms with Gasteiger partial charge in [0.05, 0.1) is 10.7 Å². The number of nitrogens with one attached hydrogen (secondary N) is 1. The summed E-state index contributed by atoms with van der Waals surface area (Å²) < 4.78 is 6.71. The van der Waals surface area contributed by atoms with Crippen LogP contribution in [0.15, 0.2) is 10.7 Å². The number of aromatic nitrogens is 2. The largest absolute Gasteiger partial charge is 0.473 e. The Morgan fingerprint density at radius 3 is 2.94 bits per heavy atom. The van der Waals surface area contributed by atoms with Crippen molar-refractivity contribution in [1.82, 2.24) is 9.97 Å². The summed E-state index contributed by atoms with van der Waals surface area (Å²) >= 11 is 3.43. The maximum Gasteiger partial charge on any atom is 0.233 e. The molecule has 1 aromatic rings. The van der Waals surface area contributed by atoms with Crippen molar-refractivity contribution in [1.29, 1.82) is 0 Å². The van der Waals surface area contributed by atoms with Gasteiger partial charge < -0.3 is 10.1 Å². The Balaban J connectivity index is 2.03. The molecule has 1 fully saturated rings. The normalized spacial score (nSPS) is 16.1. The first-order valence-electron chi connectivity index (χ1n) is 6.22. The Bertz CT molecular complexity index is 367. The molecule has 0 spiro atoms. The molecule has 0 radical (unpaired) electrons. The molecule has 1 saturated carbocycles. The van der Waals surface area contributed by atoms with Gasteiger partial charge in [-0.05, 0) is 48.0 Å². The van der Waals surface area contributed by atoms with Gasteiger partial charge in [-0.2, -0.15) is 4.98 Å².